The average Bonchev–Trinajstić information content (AvgIpc) is 2.52. The van der Waals surface area contributed by atoms with Crippen LogP contribution in [-0.2, 0) is 16.0 Å². The Labute approximate surface area is 126 Å². The van der Waals surface area contributed by atoms with Gasteiger partial charge in [-0.05, 0) is 17.7 Å². The molecule has 0 radical (unpaired) electrons. The standard InChI is InChI=1S/C15H25NO5/c1-17-10-12(18-2)9-16-8-11-6-13(19-3)15(21-5)14(7-11)20-4/h6-7,12,16H,8-10H2,1-5H3. The van der Waals surface area contributed by atoms with Crippen molar-refractivity contribution in [3.8, 4) is 17.2 Å². The molecule has 120 valence electrons. The molecule has 1 unspecified atom stereocenters. The quantitative estimate of drug-likeness (QED) is 0.706. The van der Waals surface area contributed by atoms with E-state index in [2.05, 4.69) is 5.32 Å². The molecule has 0 saturated carbocycles. The van der Waals surface area contributed by atoms with Gasteiger partial charge in [0, 0.05) is 27.3 Å². The van der Waals surface area contributed by atoms with Crippen molar-refractivity contribution in [3.63, 3.8) is 0 Å². The molecule has 0 bridgehead atoms. The zero-order valence-electron chi connectivity index (χ0n) is 13.4. The highest BCUT2D eigenvalue weighted by atomic mass is 16.5. The summed E-state index contributed by atoms with van der Waals surface area (Å²) in [6.07, 6.45) is 0.0250. The zero-order chi connectivity index (χ0) is 15.7. The Bertz CT molecular complexity index is 400. The third kappa shape index (κ3) is 5.08. The molecule has 0 amide bonds. The van der Waals surface area contributed by atoms with E-state index in [1.54, 1.807) is 35.5 Å². The third-order valence-corrected chi connectivity index (χ3v) is 3.11. The monoisotopic (exact) mass is 299 g/mol. The number of ether oxygens (including phenoxy) is 5. The molecule has 0 fully saturated rings. The fourth-order valence-electron chi connectivity index (χ4n) is 2.01. The first-order valence-corrected chi connectivity index (χ1v) is 6.71. The normalized spacial score (nSPS) is 12.0. The fourth-order valence-corrected chi connectivity index (χ4v) is 2.01. The average molecular weight is 299 g/mol. The first kappa shape index (κ1) is 17.6. The SMILES string of the molecule is COCC(CNCc1cc(OC)c(OC)c(OC)c1)OC. The molecular formula is C15H25NO5. The molecule has 0 aliphatic rings. The van der Waals surface area contributed by atoms with Crippen molar-refractivity contribution in [3.05, 3.63) is 17.7 Å². The lowest BCUT2D eigenvalue weighted by Crippen LogP contribution is -2.31. The van der Waals surface area contributed by atoms with Crippen molar-refractivity contribution in [2.75, 3.05) is 48.7 Å². The highest BCUT2D eigenvalue weighted by Gasteiger charge is 2.13. The van der Waals surface area contributed by atoms with Gasteiger partial charge < -0.3 is 29.0 Å². The molecule has 0 aliphatic carbocycles. The van der Waals surface area contributed by atoms with Crippen LogP contribution in [0.15, 0.2) is 12.1 Å². The Morgan fingerprint density at radius 1 is 0.952 bits per heavy atom. The summed E-state index contributed by atoms with van der Waals surface area (Å²) in [5.74, 6) is 1.89. The van der Waals surface area contributed by atoms with Crippen molar-refractivity contribution in [2.24, 2.45) is 0 Å². The van der Waals surface area contributed by atoms with Gasteiger partial charge in [-0.15, -0.1) is 0 Å². The molecular weight excluding hydrogens is 274 g/mol. The molecule has 0 aliphatic heterocycles. The number of hydrogen-bond donors (Lipinski definition) is 1. The summed E-state index contributed by atoms with van der Waals surface area (Å²) in [5.41, 5.74) is 1.04. The van der Waals surface area contributed by atoms with Crippen LogP contribution in [0.2, 0.25) is 0 Å². The number of rotatable bonds is 10. The maximum absolute atomic E-state index is 5.33. The molecule has 0 spiro atoms. The van der Waals surface area contributed by atoms with Crippen molar-refractivity contribution in [1.29, 1.82) is 0 Å². The predicted octanol–water partition coefficient (Wildman–Crippen LogP) is 1.46. The molecule has 1 rings (SSSR count). The second-order valence-electron chi connectivity index (χ2n) is 4.48. The van der Waals surface area contributed by atoms with Crippen LogP contribution in [-0.4, -0.2) is 54.8 Å². The largest absolute Gasteiger partial charge is 0.493 e. The summed E-state index contributed by atoms with van der Waals surface area (Å²) >= 11 is 0. The maximum atomic E-state index is 5.33. The van der Waals surface area contributed by atoms with Crippen molar-refractivity contribution in [1.82, 2.24) is 5.32 Å². The van der Waals surface area contributed by atoms with Gasteiger partial charge in [-0.3, -0.25) is 0 Å². The lowest BCUT2D eigenvalue weighted by Gasteiger charge is -2.17. The molecule has 0 aromatic heterocycles. The summed E-state index contributed by atoms with van der Waals surface area (Å²) in [6.45, 7) is 1.92. The minimum absolute atomic E-state index is 0.0250. The van der Waals surface area contributed by atoms with Gasteiger partial charge in [0.1, 0.15) is 0 Å². The number of methoxy groups -OCH3 is 5. The van der Waals surface area contributed by atoms with Crippen LogP contribution >= 0.6 is 0 Å². The van der Waals surface area contributed by atoms with Crippen LogP contribution in [0.5, 0.6) is 17.2 Å². The zero-order valence-corrected chi connectivity index (χ0v) is 13.4. The van der Waals surface area contributed by atoms with Crippen LogP contribution in [0.1, 0.15) is 5.56 Å². The van der Waals surface area contributed by atoms with Crippen molar-refractivity contribution >= 4 is 0 Å². The maximum Gasteiger partial charge on any atom is 0.203 e. The number of benzene rings is 1. The fraction of sp³-hybridized carbons (Fsp3) is 0.600. The van der Waals surface area contributed by atoms with Gasteiger partial charge in [-0.25, -0.2) is 0 Å². The Morgan fingerprint density at radius 3 is 2.00 bits per heavy atom. The smallest absolute Gasteiger partial charge is 0.203 e. The van der Waals surface area contributed by atoms with E-state index >= 15 is 0 Å². The van der Waals surface area contributed by atoms with E-state index in [1.165, 1.54) is 0 Å². The summed E-state index contributed by atoms with van der Waals surface area (Å²) in [7, 11) is 8.13. The predicted molar refractivity (Wildman–Crippen MR) is 80.5 cm³/mol. The third-order valence-electron chi connectivity index (χ3n) is 3.11. The van der Waals surface area contributed by atoms with Crippen molar-refractivity contribution in [2.45, 2.75) is 12.6 Å². The van der Waals surface area contributed by atoms with E-state index in [0.29, 0.717) is 36.9 Å². The van der Waals surface area contributed by atoms with E-state index in [-0.39, 0.29) is 6.10 Å². The van der Waals surface area contributed by atoms with Crippen LogP contribution in [0, 0.1) is 0 Å². The van der Waals surface area contributed by atoms with Gasteiger partial charge >= 0.3 is 0 Å². The minimum Gasteiger partial charge on any atom is -0.493 e. The molecule has 0 heterocycles. The summed E-state index contributed by atoms with van der Waals surface area (Å²) in [4.78, 5) is 0. The molecule has 1 N–H and O–H groups in total. The van der Waals surface area contributed by atoms with Gasteiger partial charge in [0.05, 0.1) is 34.0 Å². The number of nitrogens with one attached hydrogen (secondary N) is 1. The minimum atomic E-state index is 0.0250. The van der Waals surface area contributed by atoms with Gasteiger partial charge in [0.15, 0.2) is 11.5 Å². The van der Waals surface area contributed by atoms with Gasteiger partial charge in [0.25, 0.3) is 0 Å². The van der Waals surface area contributed by atoms with E-state index < -0.39 is 0 Å². The molecule has 6 heteroatoms. The summed E-state index contributed by atoms with van der Waals surface area (Å²) in [6, 6.07) is 3.85. The Balaban J connectivity index is 2.71. The lowest BCUT2D eigenvalue weighted by atomic mass is 10.1. The summed E-state index contributed by atoms with van der Waals surface area (Å²) in [5, 5.41) is 3.32. The van der Waals surface area contributed by atoms with E-state index in [4.69, 9.17) is 23.7 Å². The van der Waals surface area contributed by atoms with Crippen molar-refractivity contribution < 1.29 is 23.7 Å². The first-order chi connectivity index (χ1) is 10.2. The number of hydrogen-bond acceptors (Lipinski definition) is 6. The van der Waals surface area contributed by atoms with E-state index in [9.17, 15) is 0 Å². The Hall–Kier alpha value is -1.50. The first-order valence-electron chi connectivity index (χ1n) is 6.71. The second kappa shape index (κ2) is 9.44. The highest BCUT2D eigenvalue weighted by Crippen LogP contribution is 2.38. The van der Waals surface area contributed by atoms with Gasteiger partial charge in [0.2, 0.25) is 5.75 Å². The Kier molecular flexibility index (Phi) is 7.89. The Morgan fingerprint density at radius 2 is 1.57 bits per heavy atom. The molecule has 21 heavy (non-hydrogen) atoms. The molecule has 1 aromatic carbocycles. The van der Waals surface area contributed by atoms with Gasteiger partial charge in [-0.1, -0.05) is 0 Å². The van der Waals surface area contributed by atoms with E-state index in [0.717, 1.165) is 5.56 Å². The van der Waals surface area contributed by atoms with E-state index in [1.807, 2.05) is 12.1 Å². The molecule has 6 nitrogen and oxygen atoms in total. The van der Waals surface area contributed by atoms with Crippen LogP contribution in [0.3, 0.4) is 0 Å². The summed E-state index contributed by atoms with van der Waals surface area (Å²) < 4.78 is 26.3. The molecule has 0 saturated heterocycles. The van der Waals surface area contributed by atoms with Gasteiger partial charge in [-0.2, -0.15) is 0 Å². The second-order valence-corrected chi connectivity index (χ2v) is 4.48. The van der Waals surface area contributed by atoms with Crippen LogP contribution in [0.4, 0.5) is 0 Å². The molecule has 1 atom stereocenters. The topological polar surface area (TPSA) is 58.2 Å². The van der Waals surface area contributed by atoms with Crippen LogP contribution < -0.4 is 19.5 Å². The highest BCUT2D eigenvalue weighted by molar-refractivity contribution is 5.53. The van der Waals surface area contributed by atoms with Crippen LogP contribution in [0.25, 0.3) is 0 Å². The lowest BCUT2D eigenvalue weighted by molar-refractivity contribution is 0.0288. The molecule has 1 aromatic rings.